The highest BCUT2D eigenvalue weighted by Gasteiger charge is 2.27. The van der Waals surface area contributed by atoms with Crippen LogP contribution in [0.5, 0.6) is 0 Å². The Morgan fingerprint density at radius 1 is 1.14 bits per heavy atom. The Hall–Kier alpha value is -3.12. The number of hydrogen-bond donors (Lipinski definition) is 1. The first-order chi connectivity index (χ1) is 13.6. The van der Waals surface area contributed by atoms with Crippen LogP contribution in [0.25, 0.3) is 16.7 Å². The van der Waals surface area contributed by atoms with Crippen molar-refractivity contribution in [2.45, 2.75) is 19.3 Å². The lowest BCUT2D eigenvalue weighted by Crippen LogP contribution is -2.17. The molecule has 0 fully saturated rings. The number of rotatable bonds is 3. The maximum atomic E-state index is 13.0. The van der Waals surface area contributed by atoms with Crippen LogP contribution >= 0.6 is 11.6 Å². The molecule has 1 N–H and O–H groups in total. The largest absolute Gasteiger partial charge is 0.313 e. The molecular formula is C21H18ClN5O. The van der Waals surface area contributed by atoms with Crippen molar-refractivity contribution in [2.75, 3.05) is 5.32 Å². The van der Waals surface area contributed by atoms with Crippen molar-refractivity contribution in [3.63, 3.8) is 0 Å². The summed E-state index contributed by atoms with van der Waals surface area (Å²) in [5, 5.41) is 8.18. The maximum absolute atomic E-state index is 13.0. The van der Waals surface area contributed by atoms with Gasteiger partial charge in [-0.15, -0.1) is 0 Å². The number of anilines is 1. The minimum atomic E-state index is -0.239. The van der Waals surface area contributed by atoms with Crippen LogP contribution in [0.15, 0.2) is 48.5 Å². The Balaban J connectivity index is 1.52. The van der Waals surface area contributed by atoms with Crippen molar-refractivity contribution in [2.24, 2.45) is 7.05 Å². The summed E-state index contributed by atoms with van der Waals surface area (Å²) >= 11 is 6.06. The number of aryl methyl sites for hydroxylation is 1. The summed E-state index contributed by atoms with van der Waals surface area (Å²) in [6.45, 7) is 0. The topological polar surface area (TPSA) is 64.7 Å². The summed E-state index contributed by atoms with van der Waals surface area (Å²) in [4.78, 5) is 17.6. The average Bonchev–Trinajstić information content (AvgIpc) is 3.37. The van der Waals surface area contributed by atoms with E-state index in [2.05, 4.69) is 15.4 Å². The molecule has 0 bridgehead atoms. The first-order valence-electron chi connectivity index (χ1n) is 9.21. The van der Waals surface area contributed by atoms with Gasteiger partial charge < -0.3 is 4.57 Å². The van der Waals surface area contributed by atoms with Gasteiger partial charge in [-0.3, -0.25) is 10.1 Å². The molecule has 0 atom stereocenters. The van der Waals surface area contributed by atoms with E-state index in [4.69, 9.17) is 11.6 Å². The number of fused-ring (bicyclic) bond motifs is 2. The molecule has 0 radical (unpaired) electrons. The van der Waals surface area contributed by atoms with Gasteiger partial charge in [0, 0.05) is 23.3 Å². The zero-order valence-electron chi connectivity index (χ0n) is 15.3. The van der Waals surface area contributed by atoms with Crippen molar-refractivity contribution in [3.05, 3.63) is 70.5 Å². The quantitative estimate of drug-likeness (QED) is 0.570. The number of amides is 1. The summed E-state index contributed by atoms with van der Waals surface area (Å²) < 4.78 is 3.74. The van der Waals surface area contributed by atoms with Gasteiger partial charge in [0.15, 0.2) is 5.69 Å². The lowest BCUT2D eigenvalue weighted by atomic mass is 10.2. The molecule has 7 heteroatoms. The predicted octanol–water partition coefficient (Wildman–Crippen LogP) is 4.15. The minimum absolute atomic E-state index is 0.239. The van der Waals surface area contributed by atoms with Crippen LogP contribution in [0.4, 0.5) is 5.95 Å². The van der Waals surface area contributed by atoms with Gasteiger partial charge in [-0.25, -0.2) is 9.67 Å². The second-order valence-corrected chi connectivity index (χ2v) is 7.39. The summed E-state index contributed by atoms with van der Waals surface area (Å²) in [5.41, 5.74) is 5.24. The number of carbonyl (C=O) groups excluding carboxylic acids is 1. The molecule has 140 valence electrons. The first kappa shape index (κ1) is 17.0. The van der Waals surface area contributed by atoms with Crippen LogP contribution in [0.2, 0.25) is 5.02 Å². The summed E-state index contributed by atoms with van der Waals surface area (Å²) in [5.74, 6) is 0.237. The molecule has 1 aliphatic carbocycles. The lowest BCUT2D eigenvalue weighted by Gasteiger charge is -2.05. The Bertz CT molecular complexity index is 1210. The highest BCUT2D eigenvalue weighted by molar-refractivity contribution is 6.31. The van der Waals surface area contributed by atoms with E-state index in [1.165, 1.54) is 0 Å². The lowest BCUT2D eigenvalue weighted by molar-refractivity contribution is 0.102. The van der Waals surface area contributed by atoms with E-state index in [1.54, 1.807) is 6.07 Å². The molecule has 0 saturated heterocycles. The van der Waals surface area contributed by atoms with Crippen molar-refractivity contribution >= 4 is 34.5 Å². The summed E-state index contributed by atoms with van der Waals surface area (Å²) in [6.07, 6.45) is 2.82. The van der Waals surface area contributed by atoms with Gasteiger partial charge in [-0.1, -0.05) is 29.8 Å². The molecule has 1 amide bonds. The van der Waals surface area contributed by atoms with E-state index in [0.717, 1.165) is 47.2 Å². The number of para-hydroxylation sites is 1. The monoisotopic (exact) mass is 391 g/mol. The average molecular weight is 392 g/mol. The molecule has 6 nitrogen and oxygen atoms in total. The number of hydrogen-bond acceptors (Lipinski definition) is 3. The molecule has 1 aliphatic rings. The SMILES string of the molecule is Cn1c(NC(=O)c2nn(-c3ccccc3)c3c2CCC3)nc2cc(Cl)ccc21. The number of imidazole rings is 1. The Morgan fingerprint density at radius 3 is 2.79 bits per heavy atom. The van der Waals surface area contributed by atoms with Crippen LogP contribution in [-0.4, -0.2) is 25.2 Å². The Kier molecular flexibility index (Phi) is 3.94. The Morgan fingerprint density at radius 2 is 1.96 bits per heavy atom. The standard InChI is InChI=1S/C21H18ClN5O/c1-26-18-11-10-13(22)12-16(18)23-21(26)24-20(28)19-15-8-5-9-17(15)27(25-19)14-6-3-2-4-7-14/h2-4,6-7,10-12H,5,8-9H2,1H3,(H,23,24,28). The number of nitrogens with zero attached hydrogens (tertiary/aromatic N) is 4. The zero-order chi connectivity index (χ0) is 19.3. The van der Waals surface area contributed by atoms with Gasteiger partial charge in [-0.05, 0) is 49.6 Å². The predicted molar refractivity (Wildman–Crippen MR) is 109 cm³/mol. The van der Waals surface area contributed by atoms with Gasteiger partial charge in [0.25, 0.3) is 5.91 Å². The highest BCUT2D eigenvalue weighted by atomic mass is 35.5. The zero-order valence-corrected chi connectivity index (χ0v) is 16.1. The fourth-order valence-electron chi connectivity index (χ4n) is 3.85. The molecule has 4 aromatic rings. The van der Waals surface area contributed by atoms with Crippen molar-refractivity contribution in [1.82, 2.24) is 19.3 Å². The molecule has 0 unspecified atom stereocenters. The molecule has 0 saturated carbocycles. The maximum Gasteiger partial charge on any atom is 0.278 e. The Labute approximate surface area is 166 Å². The van der Waals surface area contributed by atoms with Crippen molar-refractivity contribution in [3.8, 4) is 5.69 Å². The van der Waals surface area contributed by atoms with E-state index in [1.807, 2.05) is 58.8 Å². The molecule has 0 aliphatic heterocycles. The molecule has 2 aromatic heterocycles. The molecule has 28 heavy (non-hydrogen) atoms. The second-order valence-electron chi connectivity index (χ2n) is 6.96. The molecule has 2 aromatic carbocycles. The fourth-order valence-corrected chi connectivity index (χ4v) is 4.01. The molecule has 2 heterocycles. The molecule has 0 spiro atoms. The number of benzene rings is 2. The van der Waals surface area contributed by atoms with Gasteiger partial charge in [0.2, 0.25) is 5.95 Å². The second kappa shape index (κ2) is 6.49. The van der Waals surface area contributed by atoms with Crippen LogP contribution < -0.4 is 5.32 Å². The molecular weight excluding hydrogens is 374 g/mol. The minimum Gasteiger partial charge on any atom is -0.313 e. The third kappa shape index (κ3) is 2.68. The smallest absolute Gasteiger partial charge is 0.278 e. The first-order valence-corrected chi connectivity index (χ1v) is 9.59. The number of nitrogens with one attached hydrogen (secondary N) is 1. The van der Waals surface area contributed by atoms with E-state index >= 15 is 0 Å². The van der Waals surface area contributed by atoms with Gasteiger partial charge in [-0.2, -0.15) is 5.10 Å². The van der Waals surface area contributed by atoms with Gasteiger partial charge in [0.05, 0.1) is 16.7 Å². The van der Waals surface area contributed by atoms with E-state index in [-0.39, 0.29) is 5.91 Å². The van der Waals surface area contributed by atoms with Gasteiger partial charge >= 0.3 is 0 Å². The van der Waals surface area contributed by atoms with Crippen molar-refractivity contribution in [1.29, 1.82) is 0 Å². The molecule has 5 rings (SSSR count). The van der Waals surface area contributed by atoms with Crippen LogP contribution in [0.3, 0.4) is 0 Å². The fraction of sp³-hybridized carbons (Fsp3) is 0.190. The number of aromatic nitrogens is 4. The third-order valence-electron chi connectivity index (χ3n) is 5.21. The summed E-state index contributed by atoms with van der Waals surface area (Å²) in [7, 11) is 1.87. The van der Waals surface area contributed by atoms with Crippen LogP contribution in [0, 0.1) is 0 Å². The van der Waals surface area contributed by atoms with E-state index in [0.29, 0.717) is 16.7 Å². The normalized spacial score (nSPS) is 13.1. The van der Waals surface area contributed by atoms with E-state index in [9.17, 15) is 4.79 Å². The van der Waals surface area contributed by atoms with Crippen molar-refractivity contribution < 1.29 is 4.79 Å². The number of carbonyl (C=O) groups is 1. The highest BCUT2D eigenvalue weighted by Crippen LogP contribution is 2.29. The third-order valence-corrected chi connectivity index (χ3v) is 5.45. The van der Waals surface area contributed by atoms with Crippen LogP contribution in [-0.2, 0) is 19.9 Å². The van der Waals surface area contributed by atoms with Crippen LogP contribution in [0.1, 0.15) is 28.2 Å². The van der Waals surface area contributed by atoms with Gasteiger partial charge in [0.1, 0.15) is 0 Å². The number of halogens is 1. The summed E-state index contributed by atoms with van der Waals surface area (Å²) in [6, 6.07) is 15.4. The van der Waals surface area contributed by atoms with E-state index < -0.39 is 0 Å².